The number of nitrogens with zero attached hydrogens (tertiary/aromatic N) is 3. The second-order valence-electron chi connectivity index (χ2n) is 7.84. The molecule has 1 aromatic rings. The lowest BCUT2D eigenvalue weighted by Gasteiger charge is -2.45. The van der Waals surface area contributed by atoms with Gasteiger partial charge in [0.1, 0.15) is 6.26 Å². The van der Waals surface area contributed by atoms with Crippen molar-refractivity contribution in [1.82, 2.24) is 10.1 Å². The average Bonchev–Trinajstić information content (AvgIpc) is 3.02. The van der Waals surface area contributed by atoms with E-state index in [1.165, 1.54) is 6.26 Å². The Labute approximate surface area is 158 Å². The number of hydrogen-bond donors (Lipinski definition) is 0. The summed E-state index contributed by atoms with van der Waals surface area (Å²) >= 11 is 0. The number of rotatable bonds is 2. The Morgan fingerprint density at radius 2 is 2.07 bits per heavy atom. The van der Waals surface area contributed by atoms with Crippen LogP contribution in [-0.2, 0) is 19.3 Å². The molecule has 1 aliphatic carbocycles. The average molecular weight is 395 g/mol. The van der Waals surface area contributed by atoms with Gasteiger partial charge in [-0.15, -0.1) is 0 Å². The SMILES string of the molecule is Cc1conc1C(=O)N1CCOC2(CCS(=O)(=NC(=O)C3CCC3)CC2)C1. The summed E-state index contributed by atoms with van der Waals surface area (Å²) in [6.45, 7) is 3.15. The number of carbonyl (C=O) groups excluding carboxylic acids is 2. The molecule has 8 nitrogen and oxygen atoms in total. The molecule has 0 bridgehead atoms. The minimum absolute atomic E-state index is 0.0241. The summed E-state index contributed by atoms with van der Waals surface area (Å²) in [4.78, 5) is 26.6. The monoisotopic (exact) mass is 395 g/mol. The van der Waals surface area contributed by atoms with Gasteiger partial charge in [-0.3, -0.25) is 9.59 Å². The molecule has 3 aliphatic rings. The van der Waals surface area contributed by atoms with Gasteiger partial charge in [0.2, 0.25) is 0 Å². The summed E-state index contributed by atoms with van der Waals surface area (Å²) in [7, 11) is -2.51. The predicted octanol–water partition coefficient (Wildman–Crippen LogP) is 1.78. The molecule has 0 atom stereocenters. The first-order chi connectivity index (χ1) is 12.9. The molecule has 3 heterocycles. The number of aryl methyl sites for hydroxylation is 1. The fourth-order valence-electron chi connectivity index (χ4n) is 3.87. The number of carbonyl (C=O) groups is 2. The Hall–Kier alpha value is -1.74. The molecule has 2 amide bonds. The molecule has 2 saturated heterocycles. The molecule has 9 heteroatoms. The van der Waals surface area contributed by atoms with Crippen LogP contribution in [0.5, 0.6) is 0 Å². The molecule has 1 saturated carbocycles. The standard InChI is InChI=1S/C18H25N3O5S/c1-13-11-26-19-15(13)17(23)21-7-8-25-18(12-21)5-9-27(24,10-6-18)20-16(22)14-3-2-4-14/h11,14H,2-10,12H2,1H3. The number of aromatic nitrogens is 1. The minimum atomic E-state index is -2.51. The van der Waals surface area contributed by atoms with E-state index in [0.717, 1.165) is 19.3 Å². The maximum atomic E-state index is 13.0. The van der Waals surface area contributed by atoms with E-state index in [1.807, 2.05) is 0 Å². The normalized spacial score (nSPS) is 31.5. The Morgan fingerprint density at radius 3 is 2.67 bits per heavy atom. The molecule has 1 aromatic heterocycles. The summed E-state index contributed by atoms with van der Waals surface area (Å²) in [6.07, 6.45) is 5.31. The van der Waals surface area contributed by atoms with Crippen molar-refractivity contribution in [2.45, 2.75) is 44.6 Å². The molecule has 2 aliphatic heterocycles. The van der Waals surface area contributed by atoms with Gasteiger partial charge in [0.15, 0.2) is 5.69 Å². The first-order valence-electron chi connectivity index (χ1n) is 9.50. The number of hydrogen-bond acceptors (Lipinski definition) is 6. The van der Waals surface area contributed by atoms with Crippen molar-refractivity contribution >= 4 is 21.5 Å². The van der Waals surface area contributed by atoms with Gasteiger partial charge >= 0.3 is 0 Å². The molecule has 0 N–H and O–H groups in total. The van der Waals surface area contributed by atoms with Crippen molar-refractivity contribution in [2.75, 3.05) is 31.2 Å². The molecular formula is C18H25N3O5S. The highest BCUT2D eigenvalue weighted by atomic mass is 32.2. The summed E-state index contributed by atoms with van der Waals surface area (Å²) in [5, 5.41) is 3.80. The van der Waals surface area contributed by atoms with E-state index in [4.69, 9.17) is 9.26 Å². The largest absolute Gasteiger partial charge is 0.371 e. The van der Waals surface area contributed by atoms with Crippen molar-refractivity contribution in [1.29, 1.82) is 0 Å². The van der Waals surface area contributed by atoms with E-state index >= 15 is 0 Å². The topological polar surface area (TPSA) is 102 Å². The third-order valence-electron chi connectivity index (χ3n) is 5.95. The molecular weight excluding hydrogens is 370 g/mol. The molecule has 0 unspecified atom stereocenters. The van der Waals surface area contributed by atoms with Gasteiger partial charge in [0, 0.05) is 29.5 Å². The second kappa shape index (κ2) is 7.01. The first kappa shape index (κ1) is 18.6. The summed E-state index contributed by atoms with van der Waals surface area (Å²) < 4.78 is 28.0. The van der Waals surface area contributed by atoms with Gasteiger partial charge < -0.3 is 14.2 Å². The van der Waals surface area contributed by atoms with Gasteiger partial charge in [0.25, 0.3) is 11.8 Å². The highest BCUT2D eigenvalue weighted by Gasteiger charge is 2.43. The van der Waals surface area contributed by atoms with Gasteiger partial charge in [-0.25, -0.2) is 4.21 Å². The van der Waals surface area contributed by atoms with Crippen molar-refractivity contribution in [2.24, 2.45) is 10.3 Å². The van der Waals surface area contributed by atoms with E-state index in [-0.39, 0.29) is 17.7 Å². The van der Waals surface area contributed by atoms with Crippen LogP contribution in [0.4, 0.5) is 0 Å². The fourth-order valence-corrected chi connectivity index (χ4v) is 6.11. The maximum absolute atomic E-state index is 13.0. The summed E-state index contributed by atoms with van der Waals surface area (Å²) in [6, 6.07) is 0. The van der Waals surface area contributed by atoms with Crippen LogP contribution in [0.15, 0.2) is 15.1 Å². The van der Waals surface area contributed by atoms with Gasteiger partial charge in [-0.1, -0.05) is 11.6 Å². The Bertz CT molecular complexity index is 852. The van der Waals surface area contributed by atoms with Crippen molar-refractivity contribution < 1.29 is 23.1 Å². The van der Waals surface area contributed by atoms with Crippen LogP contribution in [0.25, 0.3) is 0 Å². The zero-order valence-corrected chi connectivity index (χ0v) is 16.3. The molecule has 27 heavy (non-hydrogen) atoms. The minimum Gasteiger partial charge on any atom is -0.371 e. The Balaban J connectivity index is 1.43. The first-order valence-corrected chi connectivity index (χ1v) is 11.4. The van der Waals surface area contributed by atoms with E-state index in [2.05, 4.69) is 9.52 Å². The maximum Gasteiger partial charge on any atom is 0.276 e. The molecule has 3 fully saturated rings. The zero-order valence-electron chi connectivity index (χ0n) is 15.5. The highest BCUT2D eigenvalue weighted by Crippen LogP contribution is 2.34. The molecule has 1 spiro atoms. The summed E-state index contributed by atoms with van der Waals surface area (Å²) in [5.74, 6) is 0.307. The molecule has 148 valence electrons. The van der Waals surface area contributed by atoms with Crippen LogP contribution in [0.3, 0.4) is 0 Å². The van der Waals surface area contributed by atoms with E-state index in [0.29, 0.717) is 55.3 Å². The van der Waals surface area contributed by atoms with Crippen molar-refractivity contribution in [3.8, 4) is 0 Å². The molecule has 0 aromatic carbocycles. The number of morpholine rings is 1. The van der Waals surface area contributed by atoms with Gasteiger partial charge in [-0.2, -0.15) is 4.36 Å². The van der Waals surface area contributed by atoms with Crippen LogP contribution >= 0.6 is 0 Å². The van der Waals surface area contributed by atoms with Crippen molar-refractivity contribution in [3.05, 3.63) is 17.5 Å². The van der Waals surface area contributed by atoms with Crippen LogP contribution in [0.1, 0.15) is 48.2 Å². The Morgan fingerprint density at radius 1 is 1.33 bits per heavy atom. The smallest absolute Gasteiger partial charge is 0.276 e. The van der Waals surface area contributed by atoms with Crippen LogP contribution < -0.4 is 0 Å². The quantitative estimate of drug-likeness (QED) is 0.756. The van der Waals surface area contributed by atoms with Crippen LogP contribution in [0, 0.1) is 12.8 Å². The van der Waals surface area contributed by atoms with E-state index in [9.17, 15) is 13.8 Å². The Kier molecular flexibility index (Phi) is 4.84. The lowest BCUT2D eigenvalue weighted by atomic mass is 9.85. The second-order valence-corrected chi connectivity index (χ2v) is 10.4. The summed E-state index contributed by atoms with van der Waals surface area (Å²) in [5.41, 5.74) is 0.523. The predicted molar refractivity (Wildman–Crippen MR) is 97.7 cm³/mol. The van der Waals surface area contributed by atoms with E-state index < -0.39 is 15.3 Å². The highest BCUT2D eigenvalue weighted by molar-refractivity contribution is 7.93. The van der Waals surface area contributed by atoms with Crippen LogP contribution in [-0.4, -0.2) is 62.9 Å². The number of ether oxygens (including phenoxy) is 1. The third-order valence-corrected chi connectivity index (χ3v) is 8.15. The molecule has 4 rings (SSSR count). The fraction of sp³-hybridized carbons (Fsp3) is 0.722. The van der Waals surface area contributed by atoms with Crippen LogP contribution in [0.2, 0.25) is 0 Å². The number of amides is 2. The third kappa shape index (κ3) is 3.67. The lowest BCUT2D eigenvalue weighted by Crippen LogP contribution is -2.56. The van der Waals surface area contributed by atoms with Gasteiger partial charge in [0.05, 0.1) is 28.5 Å². The van der Waals surface area contributed by atoms with E-state index in [1.54, 1.807) is 11.8 Å². The molecule has 0 radical (unpaired) electrons. The zero-order chi connectivity index (χ0) is 19.1. The van der Waals surface area contributed by atoms with Crippen molar-refractivity contribution in [3.63, 3.8) is 0 Å². The lowest BCUT2D eigenvalue weighted by molar-refractivity contribution is -0.123. The van der Waals surface area contributed by atoms with Gasteiger partial charge in [-0.05, 0) is 32.6 Å².